The Hall–Kier alpha value is -2.33. The van der Waals surface area contributed by atoms with Gasteiger partial charge >= 0.3 is 0 Å². The molecule has 0 heterocycles. The SMILES string of the molecule is Cc1ccc(C)c(OCC(=O)N/N=C/c2cccc(Cl)c2)c1. The molecule has 0 aromatic heterocycles. The van der Waals surface area contributed by atoms with E-state index in [0.717, 1.165) is 16.7 Å². The van der Waals surface area contributed by atoms with Gasteiger partial charge in [0.15, 0.2) is 6.61 Å². The molecule has 0 saturated carbocycles. The number of nitrogens with one attached hydrogen (secondary N) is 1. The van der Waals surface area contributed by atoms with Crippen LogP contribution in [-0.4, -0.2) is 18.7 Å². The number of ether oxygens (including phenoxy) is 1. The Morgan fingerprint density at radius 1 is 1.27 bits per heavy atom. The van der Waals surface area contributed by atoms with Crippen LogP contribution in [-0.2, 0) is 4.79 Å². The molecule has 2 aromatic carbocycles. The summed E-state index contributed by atoms with van der Waals surface area (Å²) < 4.78 is 5.49. The van der Waals surface area contributed by atoms with Crippen LogP contribution < -0.4 is 10.2 Å². The van der Waals surface area contributed by atoms with Gasteiger partial charge in [-0.15, -0.1) is 0 Å². The summed E-state index contributed by atoms with van der Waals surface area (Å²) in [5.74, 6) is 0.383. The summed E-state index contributed by atoms with van der Waals surface area (Å²) >= 11 is 5.86. The van der Waals surface area contributed by atoms with Crippen molar-refractivity contribution in [2.24, 2.45) is 5.10 Å². The summed E-state index contributed by atoms with van der Waals surface area (Å²) in [4.78, 5) is 11.7. The lowest BCUT2D eigenvalue weighted by Gasteiger charge is -2.08. The van der Waals surface area contributed by atoms with Crippen molar-refractivity contribution in [3.05, 3.63) is 64.2 Å². The second kappa shape index (κ2) is 7.61. The molecule has 0 saturated heterocycles. The van der Waals surface area contributed by atoms with E-state index in [4.69, 9.17) is 16.3 Å². The zero-order valence-electron chi connectivity index (χ0n) is 12.5. The minimum atomic E-state index is -0.320. The lowest BCUT2D eigenvalue weighted by Crippen LogP contribution is -2.24. The summed E-state index contributed by atoms with van der Waals surface area (Å²) in [7, 11) is 0. The van der Waals surface area contributed by atoms with Gasteiger partial charge in [-0.2, -0.15) is 5.10 Å². The molecule has 0 unspecified atom stereocenters. The van der Waals surface area contributed by atoms with Crippen molar-refractivity contribution in [3.8, 4) is 5.75 Å². The molecule has 0 aliphatic heterocycles. The monoisotopic (exact) mass is 316 g/mol. The highest BCUT2D eigenvalue weighted by atomic mass is 35.5. The highest BCUT2D eigenvalue weighted by Gasteiger charge is 2.04. The van der Waals surface area contributed by atoms with E-state index < -0.39 is 0 Å². The van der Waals surface area contributed by atoms with Gasteiger partial charge in [0, 0.05) is 5.02 Å². The highest BCUT2D eigenvalue weighted by Crippen LogP contribution is 2.18. The van der Waals surface area contributed by atoms with Crippen LogP contribution in [0.15, 0.2) is 47.6 Å². The predicted octanol–water partition coefficient (Wildman–Crippen LogP) is 3.49. The number of hydrogen-bond donors (Lipinski definition) is 1. The normalized spacial score (nSPS) is 10.7. The van der Waals surface area contributed by atoms with Crippen LogP contribution in [0.1, 0.15) is 16.7 Å². The van der Waals surface area contributed by atoms with Crippen molar-refractivity contribution in [3.63, 3.8) is 0 Å². The Bertz CT molecular complexity index is 699. The molecule has 0 fully saturated rings. The molecule has 0 aliphatic rings. The highest BCUT2D eigenvalue weighted by molar-refractivity contribution is 6.30. The number of halogens is 1. The van der Waals surface area contributed by atoms with E-state index in [1.807, 2.05) is 44.2 Å². The Balaban J connectivity index is 1.84. The summed E-state index contributed by atoms with van der Waals surface area (Å²) in [6, 6.07) is 13.0. The number of carbonyl (C=O) groups is 1. The molecular formula is C17H17ClN2O2. The van der Waals surface area contributed by atoms with Crippen LogP contribution in [0.4, 0.5) is 0 Å². The third-order valence-corrected chi connectivity index (χ3v) is 3.19. The number of rotatable bonds is 5. The van der Waals surface area contributed by atoms with E-state index in [9.17, 15) is 4.79 Å². The lowest BCUT2D eigenvalue weighted by atomic mass is 10.1. The number of amides is 1. The first-order valence-corrected chi connectivity index (χ1v) is 7.20. The quantitative estimate of drug-likeness (QED) is 0.678. The number of aryl methyl sites for hydroxylation is 2. The number of hydrazone groups is 1. The maximum absolute atomic E-state index is 11.7. The van der Waals surface area contributed by atoms with Gasteiger partial charge in [0.25, 0.3) is 5.91 Å². The predicted molar refractivity (Wildman–Crippen MR) is 88.6 cm³/mol. The van der Waals surface area contributed by atoms with Gasteiger partial charge in [-0.3, -0.25) is 4.79 Å². The van der Waals surface area contributed by atoms with E-state index in [-0.39, 0.29) is 12.5 Å². The third kappa shape index (κ3) is 4.90. The van der Waals surface area contributed by atoms with Gasteiger partial charge in [-0.1, -0.05) is 35.9 Å². The Labute approximate surface area is 134 Å². The molecular weight excluding hydrogens is 300 g/mol. The molecule has 0 aliphatic carbocycles. The van der Waals surface area contributed by atoms with Crippen LogP contribution >= 0.6 is 11.6 Å². The average molecular weight is 317 g/mol. The van der Waals surface area contributed by atoms with Gasteiger partial charge in [0.2, 0.25) is 0 Å². The smallest absolute Gasteiger partial charge is 0.277 e. The number of nitrogens with zero attached hydrogens (tertiary/aromatic N) is 1. The molecule has 0 radical (unpaired) electrons. The zero-order valence-corrected chi connectivity index (χ0v) is 13.2. The number of benzene rings is 2. The summed E-state index contributed by atoms with van der Waals surface area (Å²) in [6.45, 7) is 3.82. The minimum Gasteiger partial charge on any atom is -0.483 e. The zero-order chi connectivity index (χ0) is 15.9. The Morgan fingerprint density at radius 2 is 2.09 bits per heavy atom. The van der Waals surface area contributed by atoms with Gasteiger partial charge in [0.1, 0.15) is 5.75 Å². The van der Waals surface area contributed by atoms with E-state index in [1.165, 1.54) is 6.21 Å². The number of hydrogen-bond acceptors (Lipinski definition) is 3. The molecule has 4 nitrogen and oxygen atoms in total. The fraction of sp³-hybridized carbons (Fsp3) is 0.176. The van der Waals surface area contributed by atoms with Crippen molar-refractivity contribution >= 4 is 23.7 Å². The first-order chi connectivity index (χ1) is 10.5. The second-order valence-electron chi connectivity index (χ2n) is 4.91. The topological polar surface area (TPSA) is 50.7 Å². The average Bonchev–Trinajstić information content (AvgIpc) is 2.48. The third-order valence-electron chi connectivity index (χ3n) is 2.95. The minimum absolute atomic E-state index is 0.0861. The summed E-state index contributed by atoms with van der Waals surface area (Å²) in [5.41, 5.74) is 5.30. The molecule has 22 heavy (non-hydrogen) atoms. The fourth-order valence-electron chi connectivity index (χ4n) is 1.80. The molecule has 1 amide bonds. The fourth-order valence-corrected chi connectivity index (χ4v) is 2.00. The van der Waals surface area contributed by atoms with E-state index in [2.05, 4.69) is 10.5 Å². The molecule has 114 valence electrons. The second-order valence-corrected chi connectivity index (χ2v) is 5.34. The number of carbonyl (C=O) groups excluding carboxylic acids is 1. The Morgan fingerprint density at radius 3 is 2.86 bits per heavy atom. The van der Waals surface area contributed by atoms with Crippen molar-refractivity contribution in [2.75, 3.05) is 6.61 Å². The van der Waals surface area contributed by atoms with Crippen molar-refractivity contribution < 1.29 is 9.53 Å². The molecule has 0 bridgehead atoms. The van der Waals surface area contributed by atoms with Crippen LogP contribution in [0.2, 0.25) is 5.02 Å². The van der Waals surface area contributed by atoms with Crippen LogP contribution in [0.3, 0.4) is 0 Å². The van der Waals surface area contributed by atoms with Crippen molar-refractivity contribution in [1.82, 2.24) is 5.43 Å². The van der Waals surface area contributed by atoms with Crippen molar-refractivity contribution in [2.45, 2.75) is 13.8 Å². The maximum atomic E-state index is 11.7. The van der Waals surface area contributed by atoms with Crippen molar-refractivity contribution in [1.29, 1.82) is 0 Å². The molecule has 2 rings (SSSR count). The van der Waals surface area contributed by atoms with Crippen LogP contribution in [0.5, 0.6) is 5.75 Å². The molecule has 1 N–H and O–H groups in total. The van der Waals surface area contributed by atoms with Crippen LogP contribution in [0, 0.1) is 13.8 Å². The van der Waals surface area contributed by atoms with Gasteiger partial charge in [-0.05, 0) is 48.7 Å². The maximum Gasteiger partial charge on any atom is 0.277 e. The lowest BCUT2D eigenvalue weighted by molar-refractivity contribution is -0.123. The Kier molecular flexibility index (Phi) is 5.55. The van der Waals surface area contributed by atoms with E-state index in [0.29, 0.717) is 10.8 Å². The first-order valence-electron chi connectivity index (χ1n) is 6.82. The first kappa shape index (κ1) is 16.0. The molecule has 0 atom stereocenters. The molecule has 5 heteroatoms. The summed E-state index contributed by atoms with van der Waals surface area (Å²) in [6.07, 6.45) is 1.53. The van der Waals surface area contributed by atoms with E-state index in [1.54, 1.807) is 12.1 Å². The van der Waals surface area contributed by atoms with Gasteiger partial charge < -0.3 is 4.74 Å². The molecule has 2 aromatic rings. The standard InChI is InChI=1S/C17H17ClN2O2/c1-12-6-7-13(2)16(8-12)22-11-17(21)20-19-10-14-4-3-5-15(18)9-14/h3-10H,11H2,1-2H3,(H,20,21)/b19-10+. The van der Waals surface area contributed by atoms with Gasteiger partial charge in [-0.25, -0.2) is 5.43 Å². The molecule has 0 spiro atoms. The van der Waals surface area contributed by atoms with E-state index >= 15 is 0 Å². The van der Waals surface area contributed by atoms with Crippen LogP contribution in [0.25, 0.3) is 0 Å². The van der Waals surface area contributed by atoms with Gasteiger partial charge in [0.05, 0.1) is 6.21 Å². The summed E-state index contributed by atoms with van der Waals surface area (Å²) in [5, 5.41) is 4.49. The largest absolute Gasteiger partial charge is 0.483 e.